The Balaban J connectivity index is 2.03. The highest BCUT2D eigenvalue weighted by molar-refractivity contribution is 5.83. The number of H-pyrrole nitrogens is 1. The van der Waals surface area contributed by atoms with Gasteiger partial charge in [-0.05, 0) is 23.3 Å². The Bertz CT molecular complexity index is 653. The molecule has 3 N–H and O–H groups in total. The highest BCUT2D eigenvalue weighted by atomic mass is 14.7. The molecule has 0 bridgehead atoms. The molecule has 1 heterocycles. The van der Waals surface area contributed by atoms with E-state index in [0.29, 0.717) is 0 Å². The summed E-state index contributed by atoms with van der Waals surface area (Å²) in [6, 6.07) is 16.4. The van der Waals surface area contributed by atoms with Crippen LogP contribution in [0.25, 0.3) is 10.9 Å². The summed E-state index contributed by atoms with van der Waals surface area (Å²) in [7, 11) is 0. The van der Waals surface area contributed by atoms with Crippen molar-refractivity contribution < 1.29 is 0 Å². The third kappa shape index (κ3) is 1.78. The Kier molecular flexibility index (Phi) is 2.33. The fraction of sp³-hybridized carbons (Fsp3) is 0.0667. The van der Waals surface area contributed by atoms with Gasteiger partial charge in [-0.1, -0.05) is 36.4 Å². The number of benzene rings is 2. The lowest BCUT2D eigenvalue weighted by molar-refractivity contribution is 1.21. The van der Waals surface area contributed by atoms with E-state index in [4.69, 9.17) is 5.73 Å². The van der Waals surface area contributed by atoms with Crippen LogP contribution in [0.4, 0.5) is 5.69 Å². The number of rotatable bonds is 2. The lowest BCUT2D eigenvalue weighted by atomic mass is 10.0. The first kappa shape index (κ1) is 9.97. The largest absolute Gasteiger partial charge is 0.398 e. The molecule has 0 aliphatic carbocycles. The number of fused-ring (bicyclic) bond motifs is 1. The molecule has 0 radical (unpaired) electrons. The van der Waals surface area contributed by atoms with Crippen LogP contribution in [-0.2, 0) is 6.42 Å². The van der Waals surface area contributed by atoms with Gasteiger partial charge in [0.05, 0.1) is 0 Å². The average Bonchev–Trinajstić information content (AvgIpc) is 2.76. The van der Waals surface area contributed by atoms with Gasteiger partial charge in [-0.15, -0.1) is 0 Å². The Morgan fingerprint density at radius 3 is 2.53 bits per heavy atom. The van der Waals surface area contributed by atoms with Crippen molar-refractivity contribution in [3.63, 3.8) is 0 Å². The van der Waals surface area contributed by atoms with Crippen LogP contribution >= 0.6 is 0 Å². The van der Waals surface area contributed by atoms with Crippen molar-refractivity contribution in [1.82, 2.24) is 4.98 Å². The van der Waals surface area contributed by atoms with Crippen LogP contribution in [0.15, 0.2) is 54.7 Å². The first-order valence-electron chi connectivity index (χ1n) is 5.73. The number of aromatic amines is 1. The molecule has 0 unspecified atom stereocenters. The van der Waals surface area contributed by atoms with Gasteiger partial charge in [0.2, 0.25) is 0 Å². The molecular weight excluding hydrogens is 208 g/mol. The van der Waals surface area contributed by atoms with Crippen LogP contribution in [0.2, 0.25) is 0 Å². The summed E-state index contributed by atoms with van der Waals surface area (Å²) in [4.78, 5) is 3.29. The highest BCUT2D eigenvalue weighted by Crippen LogP contribution is 2.22. The average molecular weight is 222 g/mol. The predicted octanol–water partition coefficient (Wildman–Crippen LogP) is 3.34. The molecule has 84 valence electrons. The van der Waals surface area contributed by atoms with Crippen LogP contribution in [-0.4, -0.2) is 4.98 Å². The minimum absolute atomic E-state index is 0.859. The van der Waals surface area contributed by atoms with Crippen LogP contribution in [0, 0.1) is 0 Å². The quantitative estimate of drug-likeness (QED) is 0.641. The van der Waals surface area contributed by atoms with Crippen molar-refractivity contribution in [3.8, 4) is 0 Å². The summed E-state index contributed by atoms with van der Waals surface area (Å²) in [5.74, 6) is 0. The van der Waals surface area contributed by atoms with Gasteiger partial charge < -0.3 is 10.7 Å². The summed E-state index contributed by atoms with van der Waals surface area (Å²) in [5, 5.41) is 1.27. The van der Waals surface area contributed by atoms with Crippen LogP contribution in [0.5, 0.6) is 0 Å². The molecule has 2 heteroatoms. The summed E-state index contributed by atoms with van der Waals surface area (Å²) in [5.41, 5.74) is 10.5. The molecule has 0 fully saturated rings. The fourth-order valence-corrected chi connectivity index (χ4v) is 2.18. The summed E-state index contributed by atoms with van der Waals surface area (Å²) in [6.07, 6.45) is 2.94. The SMILES string of the molecule is Nc1ccccc1Cc1c[nH]c2ccccc12. The van der Waals surface area contributed by atoms with Crippen molar-refractivity contribution in [2.75, 3.05) is 5.73 Å². The van der Waals surface area contributed by atoms with Gasteiger partial charge in [0.1, 0.15) is 0 Å². The second kappa shape index (κ2) is 3.98. The minimum Gasteiger partial charge on any atom is -0.398 e. The second-order valence-corrected chi connectivity index (χ2v) is 4.24. The molecule has 17 heavy (non-hydrogen) atoms. The first-order chi connectivity index (χ1) is 8.34. The van der Waals surface area contributed by atoms with E-state index in [1.807, 2.05) is 24.3 Å². The molecule has 2 nitrogen and oxygen atoms in total. The first-order valence-corrected chi connectivity index (χ1v) is 5.73. The number of nitrogens with two attached hydrogens (primary N) is 1. The predicted molar refractivity (Wildman–Crippen MR) is 72.0 cm³/mol. The van der Waals surface area contributed by atoms with Crippen LogP contribution < -0.4 is 5.73 Å². The topological polar surface area (TPSA) is 41.8 Å². The maximum absolute atomic E-state index is 5.97. The molecule has 0 aliphatic heterocycles. The van der Waals surface area contributed by atoms with Crippen molar-refractivity contribution >= 4 is 16.6 Å². The van der Waals surface area contributed by atoms with E-state index in [1.165, 1.54) is 22.0 Å². The molecule has 0 atom stereocenters. The molecule has 3 aromatic rings. The van der Waals surface area contributed by atoms with E-state index < -0.39 is 0 Å². The van der Waals surface area contributed by atoms with E-state index in [0.717, 1.165) is 12.1 Å². The van der Waals surface area contributed by atoms with Gasteiger partial charge in [-0.25, -0.2) is 0 Å². The van der Waals surface area contributed by atoms with Gasteiger partial charge in [0, 0.05) is 29.2 Å². The number of para-hydroxylation sites is 2. The third-order valence-electron chi connectivity index (χ3n) is 3.11. The minimum atomic E-state index is 0.859. The molecule has 1 aromatic heterocycles. The van der Waals surface area contributed by atoms with E-state index >= 15 is 0 Å². The fourth-order valence-electron chi connectivity index (χ4n) is 2.18. The zero-order chi connectivity index (χ0) is 11.7. The molecule has 2 aromatic carbocycles. The van der Waals surface area contributed by atoms with Gasteiger partial charge in [-0.3, -0.25) is 0 Å². The summed E-state index contributed by atoms with van der Waals surface area (Å²) >= 11 is 0. The van der Waals surface area contributed by atoms with Crippen LogP contribution in [0.3, 0.4) is 0 Å². The molecule has 0 spiro atoms. The highest BCUT2D eigenvalue weighted by Gasteiger charge is 2.05. The van der Waals surface area contributed by atoms with E-state index in [-0.39, 0.29) is 0 Å². The number of aromatic nitrogens is 1. The van der Waals surface area contributed by atoms with E-state index in [9.17, 15) is 0 Å². The Hall–Kier alpha value is -2.22. The van der Waals surface area contributed by atoms with Gasteiger partial charge in [-0.2, -0.15) is 0 Å². The molecule has 3 rings (SSSR count). The lowest BCUT2D eigenvalue weighted by Crippen LogP contribution is -1.94. The Morgan fingerprint density at radius 1 is 0.882 bits per heavy atom. The van der Waals surface area contributed by atoms with Crippen molar-refractivity contribution in [2.45, 2.75) is 6.42 Å². The maximum Gasteiger partial charge on any atom is 0.0456 e. The van der Waals surface area contributed by atoms with Gasteiger partial charge >= 0.3 is 0 Å². The lowest BCUT2D eigenvalue weighted by Gasteiger charge is -2.04. The third-order valence-corrected chi connectivity index (χ3v) is 3.11. The number of anilines is 1. The van der Waals surface area contributed by atoms with Gasteiger partial charge in [0.25, 0.3) is 0 Å². The number of nitrogens with one attached hydrogen (secondary N) is 1. The van der Waals surface area contributed by atoms with Crippen molar-refractivity contribution in [1.29, 1.82) is 0 Å². The Morgan fingerprint density at radius 2 is 1.65 bits per heavy atom. The molecule has 0 amide bonds. The monoisotopic (exact) mass is 222 g/mol. The normalized spacial score (nSPS) is 10.8. The molecular formula is C15H14N2. The number of hydrogen-bond donors (Lipinski definition) is 2. The summed E-state index contributed by atoms with van der Waals surface area (Å²) < 4.78 is 0. The molecule has 0 aliphatic rings. The molecule has 0 saturated heterocycles. The second-order valence-electron chi connectivity index (χ2n) is 4.24. The van der Waals surface area contributed by atoms with E-state index in [2.05, 4.69) is 35.4 Å². The van der Waals surface area contributed by atoms with Crippen LogP contribution in [0.1, 0.15) is 11.1 Å². The number of hydrogen-bond acceptors (Lipinski definition) is 1. The van der Waals surface area contributed by atoms with Crippen molar-refractivity contribution in [3.05, 3.63) is 65.9 Å². The standard InChI is InChI=1S/C15H14N2/c16-14-7-3-1-5-11(14)9-12-10-17-15-8-4-2-6-13(12)15/h1-8,10,17H,9,16H2. The zero-order valence-electron chi connectivity index (χ0n) is 9.48. The molecule has 0 saturated carbocycles. The van der Waals surface area contributed by atoms with Crippen molar-refractivity contribution in [2.24, 2.45) is 0 Å². The maximum atomic E-state index is 5.97. The number of nitrogen functional groups attached to an aromatic ring is 1. The zero-order valence-corrected chi connectivity index (χ0v) is 9.48. The summed E-state index contributed by atoms with van der Waals surface area (Å²) in [6.45, 7) is 0. The van der Waals surface area contributed by atoms with Gasteiger partial charge in [0.15, 0.2) is 0 Å². The van der Waals surface area contributed by atoms with E-state index in [1.54, 1.807) is 0 Å². The Labute approximate surface area is 100 Å². The smallest absolute Gasteiger partial charge is 0.0456 e.